The van der Waals surface area contributed by atoms with E-state index >= 15 is 0 Å². The molecular formula is C16H22N6O3S. The molecule has 1 aliphatic rings. The van der Waals surface area contributed by atoms with Gasteiger partial charge in [0, 0.05) is 37.9 Å². The Kier molecular flexibility index (Phi) is 5.25. The van der Waals surface area contributed by atoms with Crippen molar-refractivity contribution in [1.29, 1.82) is 0 Å². The van der Waals surface area contributed by atoms with Crippen LogP contribution in [0.25, 0.3) is 5.69 Å². The number of para-hydroxylation sites is 1. The number of hydrogen-bond donors (Lipinski definition) is 2. The molecule has 140 valence electrons. The van der Waals surface area contributed by atoms with Crippen LogP contribution in [-0.4, -0.2) is 59.6 Å². The van der Waals surface area contributed by atoms with E-state index in [1.54, 1.807) is 15.8 Å². The molecule has 0 bridgehead atoms. The van der Waals surface area contributed by atoms with Gasteiger partial charge in [0.25, 0.3) is 10.2 Å². The maximum Gasteiger partial charge on any atom is 0.317 e. The van der Waals surface area contributed by atoms with Gasteiger partial charge in [-0.05, 0) is 19.1 Å². The molecule has 26 heavy (non-hydrogen) atoms. The molecule has 10 heteroatoms. The van der Waals surface area contributed by atoms with Crippen molar-refractivity contribution in [2.24, 2.45) is 5.14 Å². The van der Waals surface area contributed by atoms with E-state index < -0.39 is 10.2 Å². The van der Waals surface area contributed by atoms with Crippen LogP contribution in [0.2, 0.25) is 0 Å². The van der Waals surface area contributed by atoms with Gasteiger partial charge < -0.3 is 10.2 Å². The number of aromatic nitrogens is 2. The average molecular weight is 378 g/mol. The maximum atomic E-state index is 12.4. The third kappa shape index (κ3) is 4.21. The minimum atomic E-state index is -3.70. The first-order valence-electron chi connectivity index (χ1n) is 8.28. The normalized spacial score (nSPS) is 17.1. The van der Waals surface area contributed by atoms with Crippen molar-refractivity contribution in [2.75, 3.05) is 26.2 Å². The fourth-order valence-corrected chi connectivity index (χ4v) is 3.46. The van der Waals surface area contributed by atoms with E-state index in [4.69, 9.17) is 5.14 Å². The number of benzene rings is 1. The van der Waals surface area contributed by atoms with Gasteiger partial charge in [0.1, 0.15) is 0 Å². The molecule has 0 unspecified atom stereocenters. The predicted molar refractivity (Wildman–Crippen MR) is 96.8 cm³/mol. The molecule has 3 rings (SSSR count). The van der Waals surface area contributed by atoms with E-state index in [1.165, 1.54) is 4.31 Å². The first-order valence-corrected chi connectivity index (χ1v) is 9.78. The molecule has 1 aliphatic heterocycles. The molecule has 9 nitrogen and oxygen atoms in total. The number of piperazine rings is 1. The van der Waals surface area contributed by atoms with Gasteiger partial charge in [0.15, 0.2) is 0 Å². The first kappa shape index (κ1) is 18.4. The Morgan fingerprint density at radius 1 is 1.19 bits per heavy atom. The Morgan fingerprint density at radius 3 is 2.46 bits per heavy atom. The van der Waals surface area contributed by atoms with Crippen molar-refractivity contribution in [1.82, 2.24) is 24.3 Å². The second kappa shape index (κ2) is 7.44. The lowest BCUT2D eigenvalue weighted by atomic mass is 10.2. The van der Waals surface area contributed by atoms with Gasteiger partial charge in [-0.3, -0.25) is 0 Å². The Labute approximate surface area is 152 Å². The summed E-state index contributed by atoms with van der Waals surface area (Å²) in [6.45, 7) is 2.89. The highest BCUT2D eigenvalue weighted by Gasteiger charge is 2.27. The zero-order chi connectivity index (χ0) is 18.7. The van der Waals surface area contributed by atoms with Crippen LogP contribution in [0.5, 0.6) is 0 Å². The molecular weight excluding hydrogens is 356 g/mol. The van der Waals surface area contributed by atoms with Crippen molar-refractivity contribution in [3.05, 3.63) is 48.3 Å². The second-order valence-electron chi connectivity index (χ2n) is 6.16. The third-order valence-electron chi connectivity index (χ3n) is 4.35. The second-order valence-corrected chi connectivity index (χ2v) is 7.70. The Hall–Kier alpha value is -2.43. The van der Waals surface area contributed by atoms with E-state index in [9.17, 15) is 13.2 Å². The lowest BCUT2D eigenvalue weighted by Crippen LogP contribution is -2.54. The molecule has 1 fully saturated rings. The van der Waals surface area contributed by atoms with Crippen LogP contribution >= 0.6 is 0 Å². The van der Waals surface area contributed by atoms with Crippen molar-refractivity contribution in [2.45, 2.75) is 13.0 Å². The Morgan fingerprint density at radius 2 is 1.85 bits per heavy atom. The van der Waals surface area contributed by atoms with Crippen molar-refractivity contribution >= 4 is 16.2 Å². The fourth-order valence-electron chi connectivity index (χ4n) is 2.79. The number of hydrogen-bond acceptors (Lipinski definition) is 4. The first-order chi connectivity index (χ1) is 12.3. The fraction of sp³-hybridized carbons (Fsp3) is 0.375. The molecule has 1 aromatic carbocycles. The highest BCUT2D eigenvalue weighted by atomic mass is 32.2. The van der Waals surface area contributed by atoms with E-state index in [-0.39, 0.29) is 25.2 Å². The Bertz CT molecular complexity index is 859. The third-order valence-corrected chi connectivity index (χ3v) is 5.43. The summed E-state index contributed by atoms with van der Waals surface area (Å²) in [6.07, 6.45) is 3.59. The molecule has 1 atom stereocenters. The van der Waals surface area contributed by atoms with Crippen LogP contribution < -0.4 is 10.5 Å². The summed E-state index contributed by atoms with van der Waals surface area (Å²) in [5.41, 5.74) is 1.82. The van der Waals surface area contributed by atoms with Crippen molar-refractivity contribution in [3.8, 4) is 5.69 Å². The summed E-state index contributed by atoms with van der Waals surface area (Å²) in [6, 6.07) is 9.24. The standard InChI is InChI=1S/C16H22N6O3S/c1-13(14-11-18-22(12-14)15-5-3-2-4-6-15)19-16(23)20-7-9-21(10-8-20)26(17,24)25/h2-6,11-13H,7-10H2,1H3,(H,19,23)(H2,17,24,25)/t13-/m1/s1. The van der Waals surface area contributed by atoms with Gasteiger partial charge in [-0.15, -0.1) is 0 Å². The summed E-state index contributed by atoms with van der Waals surface area (Å²) in [7, 11) is -3.70. The summed E-state index contributed by atoms with van der Waals surface area (Å²) in [5.74, 6) is 0. The van der Waals surface area contributed by atoms with Crippen LogP contribution in [0.3, 0.4) is 0 Å². The zero-order valence-electron chi connectivity index (χ0n) is 14.4. The molecule has 0 radical (unpaired) electrons. The van der Waals surface area contributed by atoms with Crippen molar-refractivity contribution in [3.63, 3.8) is 0 Å². The van der Waals surface area contributed by atoms with E-state index in [0.29, 0.717) is 13.1 Å². The molecule has 1 aromatic heterocycles. The number of amides is 2. The van der Waals surface area contributed by atoms with Gasteiger partial charge in [0.05, 0.1) is 17.9 Å². The predicted octanol–water partition coefficient (Wildman–Crippen LogP) is 0.464. The van der Waals surface area contributed by atoms with Crippen LogP contribution in [-0.2, 0) is 10.2 Å². The van der Waals surface area contributed by atoms with Gasteiger partial charge in [-0.1, -0.05) is 18.2 Å². The van der Waals surface area contributed by atoms with Gasteiger partial charge in [0.2, 0.25) is 0 Å². The maximum absolute atomic E-state index is 12.4. The molecule has 0 saturated carbocycles. The lowest BCUT2D eigenvalue weighted by Gasteiger charge is -2.33. The van der Waals surface area contributed by atoms with Crippen LogP contribution in [0.1, 0.15) is 18.5 Å². The summed E-state index contributed by atoms with van der Waals surface area (Å²) >= 11 is 0. The molecule has 0 aliphatic carbocycles. The highest BCUT2D eigenvalue weighted by Crippen LogP contribution is 2.15. The van der Waals surface area contributed by atoms with Crippen molar-refractivity contribution < 1.29 is 13.2 Å². The number of urea groups is 1. The van der Waals surface area contributed by atoms with Crippen LogP contribution in [0, 0.1) is 0 Å². The summed E-state index contributed by atoms with van der Waals surface area (Å²) in [5, 5.41) is 12.4. The smallest absolute Gasteiger partial charge is 0.317 e. The molecule has 1 saturated heterocycles. The number of nitrogens with zero attached hydrogens (tertiary/aromatic N) is 4. The SMILES string of the molecule is C[C@@H](NC(=O)N1CCN(S(N)(=O)=O)CC1)c1cnn(-c2ccccc2)c1. The van der Waals surface area contributed by atoms with E-state index in [1.807, 2.05) is 43.5 Å². The van der Waals surface area contributed by atoms with E-state index in [2.05, 4.69) is 10.4 Å². The number of rotatable bonds is 4. The molecule has 2 aromatic rings. The van der Waals surface area contributed by atoms with Gasteiger partial charge in [-0.2, -0.15) is 17.8 Å². The quantitative estimate of drug-likeness (QED) is 0.805. The Balaban J connectivity index is 1.58. The van der Waals surface area contributed by atoms with Gasteiger partial charge >= 0.3 is 6.03 Å². The largest absolute Gasteiger partial charge is 0.331 e. The summed E-state index contributed by atoms with van der Waals surface area (Å²) < 4.78 is 25.6. The van der Waals surface area contributed by atoms with Gasteiger partial charge in [-0.25, -0.2) is 14.6 Å². The number of carbonyl (C=O) groups excluding carboxylic acids is 1. The topological polar surface area (TPSA) is 114 Å². The minimum Gasteiger partial charge on any atom is -0.331 e. The lowest BCUT2D eigenvalue weighted by molar-refractivity contribution is 0.169. The zero-order valence-corrected chi connectivity index (χ0v) is 15.3. The number of nitrogens with one attached hydrogen (secondary N) is 1. The molecule has 3 N–H and O–H groups in total. The van der Waals surface area contributed by atoms with E-state index in [0.717, 1.165) is 11.3 Å². The minimum absolute atomic E-state index is 0.201. The molecule has 2 amide bonds. The number of nitrogens with two attached hydrogens (primary N) is 1. The van der Waals surface area contributed by atoms with Crippen LogP contribution in [0.4, 0.5) is 4.79 Å². The average Bonchev–Trinajstić information content (AvgIpc) is 3.12. The number of carbonyl (C=O) groups is 1. The molecule has 2 heterocycles. The van der Waals surface area contributed by atoms with Crippen LogP contribution in [0.15, 0.2) is 42.7 Å². The highest BCUT2D eigenvalue weighted by molar-refractivity contribution is 7.86. The monoisotopic (exact) mass is 378 g/mol. The molecule has 0 spiro atoms. The summed E-state index contributed by atoms with van der Waals surface area (Å²) in [4.78, 5) is 14.0.